The molecular weight excluding hydrogens is 308 g/mol. The van der Waals surface area contributed by atoms with Crippen LogP contribution in [0.1, 0.15) is 20.8 Å². The fourth-order valence-corrected chi connectivity index (χ4v) is 1.60. The van der Waals surface area contributed by atoms with Gasteiger partial charge in [0.05, 0.1) is 13.2 Å². The Morgan fingerprint density at radius 1 is 1.00 bits per heavy atom. The van der Waals surface area contributed by atoms with E-state index in [0.29, 0.717) is 0 Å². The van der Waals surface area contributed by atoms with Gasteiger partial charge in [-0.3, -0.25) is 19.2 Å². The van der Waals surface area contributed by atoms with Crippen molar-refractivity contribution in [2.75, 3.05) is 13.2 Å². The number of nitrogens with two attached hydrogens (primary N) is 1. The Balaban J connectivity index is 4.87. The van der Waals surface area contributed by atoms with Gasteiger partial charge in [-0.25, -0.2) is 0 Å². The van der Waals surface area contributed by atoms with Crippen molar-refractivity contribution >= 4 is 23.7 Å². The molecule has 0 aliphatic rings. The zero-order valence-electron chi connectivity index (χ0n) is 13.3. The topological polar surface area (TPSA) is 171 Å². The lowest BCUT2D eigenvalue weighted by molar-refractivity contribution is -0.142. The summed E-state index contributed by atoms with van der Waals surface area (Å²) in [7, 11) is 0. The minimum absolute atomic E-state index is 0.286. The first-order chi connectivity index (χ1) is 10.6. The molecule has 0 aromatic rings. The molecule has 0 rings (SSSR count). The van der Waals surface area contributed by atoms with E-state index in [2.05, 4.69) is 16.0 Å². The number of carboxylic acids is 1. The Bertz CT molecular complexity index is 454. The minimum Gasteiger partial charge on any atom is -0.480 e. The van der Waals surface area contributed by atoms with E-state index < -0.39 is 48.4 Å². The SMILES string of the molecule is CC(NC(=O)C(CO)NC(=O)C(NC(=O)CN)C(C)C)C(=O)O. The summed E-state index contributed by atoms with van der Waals surface area (Å²) in [6, 6.07) is -3.45. The van der Waals surface area contributed by atoms with E-state index >= 15 is 0 Å². The second kappa shape index (κ2) is 9.74. The molecule has 3 amide bonds. The number of carboxylic acid groups (broad SMARTS) is 1. The molecule has 0 aromatic carbocycles. The highest BCUT2D eigenvalue weighted by Gasteiger charge is 2.29. The Morgan fingerprint density at radius 3 is 1.96 bits per heavy atom. The smallest absolute Gasteiger partial charge is 0.325 e. The predicted octanol–water partition coefficient (Wildman–Crippen LogP) is -2.85. The van der Waals surface area contributed by atoms with Crippen molar-refractivity contribution < 1.29 is 29.4 Å². The van der Waals surface area contributed by atoms with E-state index in [1.807, 2.05) is 0 Å². The number of aliphatic hydroxyl groups excluding tert-OH is 1. The maximum absolute atomic E-state index is 12.2. The molecule has 0 radical (unpaired) electrons. The van der Waals surface area contributed by atoms with E-state index in [4.69, 9.17) is 10.8 Å². The first-order valence-corrected chi connectivity index (χ1v) is 7.07. The van der Waals surface area contributed by atoms with Crippen LogP contribution in [0.2, 0.25) is 0 Å². The quantitative estimate of drug-likeness (QED) is 0.264. The normalized spacial score (nSPS) is 14.5. The van der Waals surface area contributed by atoms with Gasteiger partial charge in [0.25, 0.3) is 0 Å². The van der Waals surface area contributed by atoms with Crippen LogP contribution >= 0.6 is 0 Å². The Labute approximate surface area is 133 Å². The third kappa shape index (κ3) is 7.06. The summed E-state index contributed by atoms with van der Waals surface area (Å²) in [6.07, 6.45) is 0. The summed E-state index contributed by atoms with van der Waals surface area (Å²) in [4.78, 5) is 46.0. The Kier molecular flexibility index (Phi) is 8.81. The van der Waals surface area contributed by atoms with Crippen molar-refractivity contribution in [3.8, 4) is 0 Å². The molecule has 0 heterocycles. The summed E-state index contributed by atoms with van der Waals surface area (Å²) < 4.78 is 0. The molecule has 0 saturated heterocycles. The first-order valence-electron chi connectivity index (χ1n) is 7.07. The van der Waals surface area contributed by atoms with Crippen molar-refractivity contribution in [2.45, 2.75) is 38.9 Å². The van der Waals surface area contributed by atoms with E-state index in [0.717, 1.165) is 0 Å². The third-order valence-electron chi connectivity index (χ3n) is 3.00. The molecule has 132 valence electrons. The predicted molar refractivity (Wildman–Crippen MR) is 80.1 cm³/mol. The zero-order chi connectivity index (χ0) is 18.2. The molecule has 10 nitrogen and oxygen atoms in total. The highest BCUT2D eigenvalue weighted by molar-refractivity contribution is 5.93. The van der Waals surface area contributed by atoms with Gasteiger partial charge in [0.2, 0.25) is 17.7 Å². The van der Waals surface area contributed by atoms with Gasteiger partial charge in [-0.05, 0) is 12.8 Å². The van der Waals surface area contributed by atoms with Crippen LogP contribution in [0.15, 0.2) is 0 Å². The molecule has 0 aliphatic carbocycles. The van der Waals surface area contributed by atoms with Crippen LogP contribution in [-0.2, 0) is 19.2 Å². The van der Waals surface area contributed by atoms with E-state index in [9.17, 15) is 24.3 Å². The monoisotopic (exact) mass is 332 g/mol. The minimum atomic E-state index is -1.33. The number of carbonyl (C=O) groups excluding carboxylic acids is 3. The summed E-state index contributed by atoms with van der Waals surface area (Å²) in [6.45, 7) is 3.59. The Hall–Kier alpha value is -2.20. The molecule has 0 spiro atoms. The maximum atomic E-state index is 12.2. The molecule has 23 heavy (non-hydrogen) atoms. The number of hydrogen-bond acceptors (Lipinski definition) is 6. The molecule has 3 unspecified atom stereocenters. The van der Waals surface area contributed by atoms with Crippen LogP contribution in [0.25, 0.3) is 0 Å². The number of aliphatic hydroxyl groups is 1. The average Bonchev–Trinajstić information content (AvgIpc) is 2.48. The molecule has 0 saturated carbocycles. The number of rotatable bonds is 9. The van der Waals surface area contributed by atoms with Crippen LogP contribution in [0.5, 0.6) is 0 Å². The fraction of sp³-hybridized carbons (Fsp3) is 0.692. The summed E-state index contributed by atoms with van der Waals surface area (Å²) in [5, 5.41) is 24.8. The number of nitrogens with one attached hydrogen (secondary N) is 3. The molecule has 0 aromatic heterocycles. The lowest BCUT2D eigenvalue weighted by atomic mass is 10.0. The average molecular weight is 332 g/mol. The lowest BCUT2D eigenvalue weighted by Gasteiger charge is -2.24. The van der Waals surface area contributed by atoms with Gasteiger partial charge in [0.15, 0.2) is 0 Å². The maximum Gasteiger partial charge on any atom is 0.325 e. The standard InChI is InChI=1S/C13H24N4O6/c1-6(2)10(17-9(19)4-14)12(21)16-8(5-18)11(20)15-7(3)13(22)23/h6-8,10,18H,4-5,14H2,1-3H3,(H,15,20)(H,16,21)(H,17,19)(H,22,23). The van der Waals surface area contributed by atoms with Crippen LogP contribution in [0.3, 0.4) is 0 Å². The van der Waals surface area contributed by atoms with Gasteiger partial charge in [0.1, 0.15) is 18.1 Å². The van der Waals surface area contributed by atoms with Crippen LogP contribution in [0, 0.1) is 5.92 Å². The summed E-state index contributed by atoms with van der Waals surface area (Å²) in [5.74, 6) is -3.60. The molecular formula is C13H24N4O6. The Morgan fingerprint density at radius 2 is 1.57 bits per heavy atom. The van der Waals surface area contributed by atoms with Crippen molar-refractivity contribution in [1.29, 1.82) is 0 Å². The highest BCUT2D eigenvalue weighted by Crippen LogP contribution is 2.02. The van der Waals surface area contributed by atoms with E-state index in [-0.39, 0.29) is 12.5 Å². The van der Waals surface area contributed by atoms with Crippen LogP contribution in [0.4, 0.5) is 0 Å². The van der Waals surface area contributed by atoms with Crippen LogP contribution < -0.4 is 21.7 Å². The fourth-order valence-electron chi connectivity index (χ4n) is 1.60. The second-order valence-electron chi connectivity index (χ2n) is 5.31. The van der Waals surface area contributed by atoms with Gasteiger partial charge in [0, 0.05) is 0 Å². The number of hydrogen-bond donors (Lipinski definition) is 6. The van der Waals surface area contributed by atoms with Crippen LogP contribution in [-0.4, -0.2) is 65.2 Å². The van der Waals surface area contributed by atoms with Crippen molar-refractivity contribution in [3.05, 3.63) is 0 Å². The number of carbonyl (C=O) groups is 4. The van der Waals surface area contributed by atoms with Gasteiger partial charge in [-0.2, -0.15) is 0 Å². The molecule has 0 fully saturated rings. The molecule has 0 bridgehead atoms. The van der Waals surface area contributed by atoms with Gasteiger partial charge < -0.3 is 31.9 Å². The third-order valence-corrected chi connectivity index (χ3v) is 3.00. The number of aliphatic carboxylic acids is 1. The van der Waals surface area contributed by atoms with E-state index in [1.54, 1.807) is 13.8 Å². The van der Waals surface area contributed by atoms with Gasteiger partial charge >= 0.3 is 5.97 Å². The van der Waals surface area contributed by atoms with Gasteiger partial charge in [-0.1, -0.05) is 13.8 Å². The largest absolute Gasteiger partial charge is 0.480 e. The van der Waals surface area contributed by atoms with Crippen molar-refractivity contribution in [2.24, 2.45) is 11.7 Å². The summed E-state index contributed by atoms with van der Waals surface area (Å²) in [5.41, 5.74) is 5.18. The van der Waals surface area contributed by atoms with Gasteiger partial charge in [-0.15, -0.1) is 0 Å². The molecule has 10 heteroatoms. The van der Waals surface area contributed by atoms with E-state index in [1.165, 1.54) is 6.92 Å². The van der Waals surface area contributed by atoms with Crippen molar-refractivity contribution in [3.63, 3.8) is 0 Å². The zero-order valence-corrected chi connectivity index (χ0v) is 13.3. The highest BCUT2D eigenvalue weighted by atomic mass is 16.4. The molecule has 3 atom stereocenters. The molecule has 0 aliphatic heterocycles. The lowest BCUT2D eigenvalue weighted by Crippen LogP contribution is -2.58. The number of amides is 3. The van der Waals surface area contributed by atoms with Crippen molar-refractivity contribution in [1.82, 2.24) is 16.0 Å². The summed E-state index contributed by atoms with van der Waals surface area (Å²) >= 11 is 0. The molecule has 7 N–H and O–H groups in total. The first kappa shape index (κ1) is 20.8. The second-order valence-corrected chi connectivity index (χ2v) is 5.31.